The summed E-state index contributed by atoms with van der Waals surface area (Å²) >= 11 is 0. The molecule has 16 heavy (non-hydrogen) atoms. The number of nitrogens with two attached hydrogens (primary N) is 1. The Morgan fingerprint density at radius 3 is 2.19 bits per heavy atom. The van der Waals surface area contributed by atoms with Crippen molar-refractivity contribution in [1.29, 1.82) is 0 Å². The van der Waals surface area contributed by atoms with Crippen molar-refractivity contribution in [3.8, 4) is 17.2 Å². The van der Waals surface area contributed by atoms with Crippen LogP contribution in [0.15, 0.2) is 18.2 Å². The minimum atomic E-state index is 0.301. The molecular weight excluding hydrogens is 206 g/mol. The van der Waals surface area contributed by atoms with Crippen LogP contribution in [0.3, 0.4) is 0 Å². The van der Waals surface area contributed by atoms with Gasteiger partial charge in [0, 0.05) is 5.92 Å². The highest BCUT2D eigenvalue weighted by atomic mass is 16.5. The van der Waals surface area contributed by atoms with Crippen LogP contribution < -0.4 is 19.9 Å². The first-order valence-electron chi connectivity index (χ1n) is 5.26. The predicted molar refractivity (Wildman–Crippen MR) is 63.3 cm³/mol. The molecule has 0 radical (unpaired) electrons. The van der Waals surface area contributed by atoms with Crippen LogP contribution in [0.25, 0.3) is 0 Å². The number of hydrogen-bond acceptors (Lipinski definition) is 4. The van der Waals surface area contributed by atoms with Gasteiger partial charge in [0.15, 0.2) is 11.5 Å². The van der Waals surface area contributed by atoms with E-state index in [1.54, 1.807) is 14.2 Å². The van der Waals surface area contributed by atoms with Crippen molar-refractivity contribution in [3.63, 3.8) is 0 Å². The Morgan fingerprint density at radius 2 is 1.75 bits per heavy atom. The Hall–Kier alpha value is -1.42. The summed E-state index contributed by atoms with van der Waals surface area (Å²) in [6.07, 6.45) is 0. The fraction of sp³-hybridized carbons (Fsp3) is 0.500. The summed E-state index contributed by atoms with van der Waals surface area (Å²) in [7, 11) is 3.21. The zero-order chi connectivity index (χ0) is 12.0. The standard InChI is InChI=1S/C12H19NO3/c1-9(7-13)8-16-12-10(14-2)5-4-6-11(12)15-3/h4-6,9H,7-8,13H2,1-3H3. The number of benzene rings is 1. The molecule has 0 aliphatic heterocycles. The largest absolute Gasteiger partial charge is 0.493 e. The van der Waals surface area contributed by atoms with Gasteiger partial charge in [-0.3, -0.25) is 0 Å². The van der Waals surface area contributed by atoms with Crippen LogP contribution in [0.1, 0.15) is 6.92 Å². The Kier molecular flexibility index (Phi) is 4.92. The number of rotatable bonds is 6. The maximum absolute atomic E-state index is 5.67. The monoisotopic (exact) mass is 225 g/mol. The Bertz CT molecular complexity index is 306. The van der Waals surface area contributed by atoms with E-state index in [1.807, 2.05) is 25.1 Å². The van der Waals surface area contributed by atoms with Gasteiger partial charge in [0.1, 0.15) is 0 Å². The fourth-order valence-corrected chi connectivity index (χ4v) is 1.25. The third kappa shape index (κ3) is 3.03. The molecule has 1 unspecified atom stereocenters. The van der Waals surface area contributed by atoms with E-state index in [0.717, 1.165) is 0 Å². The second kappa shape index (κ2) is 6.23. The molecule has 0 spiro atoms. The van der Waals surface area contributed by atoms with Gasteiger partial charge in [-0.05, 0) is 18.7 Å². The van der Waals surface area contributed by atoms with Crippen LogP contribution in [0.2, 0.25) is 0 Å². The van der Waals surface area contributed by atoms with Crippen molar-refractivity contribution in [1.82, 2.24) is 0 Å². The average molecular weight is 225 g/mol. The zero-order valence-corrected chi connectivity index (χ0v) is 10.0. The lowest BCUT2D eigenvalue weighted by Crippen LogP contribution is -2.18. The molecule has 0 amide bonds. The third-order valence-corrected chi connectivity index (χ3v) is 2.30. The molecule has 4 nitrogen and oxygen atoms in total. The third-order valence-electron chi connectivity index (χ3n) is 2.30. The molecule has 1 aromatic carbocycles. The maximum Gasteiger partial charge on any atom is 0.203 e. The highest BCUT2D eigenvalue weighted by Gasteiger charge is 2.12. The molecule has 4 heteroatoms. The van der Waals surface area contributed by atoms with Crippen LogP contribution in [0.5, 0.6) is 17.2 Å². The van der Waals surface area contributed by atoms with E-state index >= 15 is 0 Å². The molecule has 1 aromatic rings. The molecule has 90 valence electrons. The van der Waals surface area contributed by atoms with Gasteiger partial charge >= 0.3 is 0 Å². The van der Waals surface area contributed by atoms with Gasteiger partial charge < -0.3 is 19.9 Å². The van der Waals surface area contributed by atoms with Gasteiger partial charge in [-0.25, -0.2) is 0 Å². The van der Waals surface area contributed by atoms with Crippen molar-refractivity contribution < 1.29 is 14.2 Å². The van der Waals surface area contributed by atoms with Crippen molar-refractivity contribution >= 4 is 0 Å². The van der Waals surface area contributed by atoms with Gasteiger partial charge in [-0.15, -0.1) is 0 Å². The SMILES string of the molecule is COc1cccc(OC)c1OCC(C)CN. The smallest absolute Gasteiger partial charge is 0.203 e. The van der Waals surface area contributed by atoms with Gasteiger partial charge in [-0.2, -0.15) is 0 Å². The van der Waals surface area contributed by atoms with Crippen molar-refractivity contribution in [2.75, 3.05) is 27.4 Å². The maximum atomic E-state index is 5.67. The first-order chi connectivity index (χ1) is 7.72. The molecule has 0 fully saturated rings. The topological polar surface area (TPSA) is 53.7 Å². The van der Waals surface area contributed by atoms with Crippen LogP contribution in [-0.2, 0) is 0 Å². The van der Waals surface area contributed by atoms with E-state index in [-0.39, 0.29) is 0 Å². The summed E-state index contributed by atoms with van der Waals surface area (Å²) in [4.78, 5) is 0. The number of ether oxygens (including phenoxy) is 3. The first kappa shape index (κ1) is 12.6. The molecule has 2 N–H and O–H groups in total. The number of methoxy groups -OCH3 is 2. The minimum absolute atomic E-state index is 0.301. The van der Waals surface area contributed by atoms with Gasteiger partial charge in [0.2, 0.25) is 5.75 Å². The normalized spacial score (nSPS) is 12.0. The van der Waals surface area contributed by atoms with E-state index in [9.17, 15) is 0 Å². The van der Waals surface area contributed by atoms with E-state index in [0.29, 0.717) is 36.3 Å². The summed E-state index contributed by atoms with van der Waals surface area (Å²) in [5.41, 5.74) is 5.53. The van der Waals surface area contributed by atoms with Gasteiger partial charge in [0.05, 0.1) is 20.8 Å². The second-order valence-electron chi connectivity index (χ2n) is 3.64. The summed E-state index contributed by atoms with van der Waals surface area (Å²) in [6.45, 7) is 3.17. The first-order valence-corrected chi connectivity index (χ1v) is 5.26. The lowest BCUT2D eigenvalue weighted by molar-refractivity contribution is 0.238. The summed E-state index contributed by atoms with van der Waals surface area (Å²) in [5.74, 6) is 2.27. The van der Waals surface area contributed by atoms with Crippen LogP contribution in [0.4, 0.5) is 0 Å². The molecule has 0 aromatic heterocycles. The van der Waals surface area contributed by atoms with Crippen LogP contribution in [-0.4, -0.2) is 27.4 Å². The summed E-state index contributed by atoms with van der Waals surface area (Å²) in [5, 5.41) is 0. The molecule has 1 atom stereocenters. The Balaban J connectivity index is 2.82. The van der Waals surface area contributed by atoms with Crippen LogP contribution >= 0.6 is 0 Å². The van der Waals surface area contributed by atoms with Crippen molar-refractivity contribution in [3.05, 3.63) is 18.2 Å². The molecule has 0 saturated heterocycles. The van der Waals surface area contributed by atoms with E-state index in [4.69, 9.17) is 19.9 Å². The summed E-state index contributed by atoms with van der Waals surface area (Å²) in [6, 6.07) is 5.53. The molecule has 0 aliphatic rings. The highest BCUT2D eigenvalue weighted by Crippen LogP contribution is 2.36. The number of para-hydroxylation sites is 1. The van der Waals surface area contributed by atoms with E-state index in [1.165, 1.54) is 0 Å². The minimum Gasteiger partial charge on any atom is -0.493 e. The van der Waals surface area contributed by atoms with E-state index < -0.39 is 0 Å². The zero-order valence-electron chi connectivity index (χ0n) is 10.0. The number of hydrogen-bond donors (Lipinski definition) is 1. The molecule has 0 bridgehead atoms. The molecule has 0 aliphatic carbocycles. The average Bonchev–Trinajstić information content (AvgIpc) is 2.35. The Morgan fingerprint density at radius 1 is 1.19 bits per heavy atom. The Labute approximate surface area is 96.3 Å². The highest BCUT2D eigenvalue weighted by molar-refractivity contribution is 5.51. The quantitative estimate of drug-likeness (QED) is 0.800. The van der Waals surface area contributed by atoms with Crippen LogP contribution in [0, 0.1) is 5.92 Å². The van der Waals surface area contributed by atoms with Gasteiger partial charge in [-0.1, -0.05) is 13.0 Å². The lowest BCUT2D eigenvalue weighted by Gasteiger charge is -2.16. The second-order valence-corrected chi connectivity index (χ2v) is 3.64. The molecule has 0 heterocycles. The van der Waals surface area contributed by atoms with Crippen molar-refractivity contribution in [2.45, 2.75) is 6.92 Å². The molecule has 0 saturated carbocycles. The molecule has 1 rings (SSSR count). The van der Waals surface area contributed by atoms with Gasteiger partial charge in [0.25, 0.3) is 0 Å². The summed E-state index contributed by atoms with van der Waals surface area (Å²) < 4.78 is 16.1. The van der Waals surface area contributed by atoms with E-state index in [2.05, 4.69) is 0 Å². The molecular formula is C12H19NO3. The predicted octanol–water partition coefficient (Wildman–Crippen LogP) is 1.68. The lowest BCUT2D eigenvalue weighted by atomic mass is 10.2. The fourth-order valence-electron chi connectivity index (χ4n) is 1.25. The van der Waals surface area contributed by atoms with Crippen molar-refractivity contribution in [2.24, 2.45) is 11.7 Å².